The zero-order valence-corrected chi connectivity index (χ0v) is 25.5. The van der Waals surface area contributed by atoms with E-state index in [0.717, 1.165) is 16.9 Å². The maximum absolute atomic E-state index is 13.2. The predicted molar refractivity (Wildman–Crippen MR) is 167 cm³/mol. The lowest BCUT2D eigenvalue weighted by molar-refractivity contribution is -0.160. The molecule has 0 bridgehead atoms. The number of hydrogen-bond donors (Lipinski definition) is 3. The highest BCUT2D eigenvalue weighted by atomic mass is 32.1. The van der Waals surface area contributed by atoms with Gasteiger partial charge in [0.2, 0.25) is 5.91 Å². The lowest BCUT2D eigenvalue weighted by atomic mass is 10.1. The molecule has 0 spiro atoms. The largest absolute Gasteiger partial charge is 0.457 e. The van der Waals surface area contributed by atoms with Crippen molar-refractivity contribution in [2.24, 2.45) is 21.5 Å². The zero-order valence-electron chi connectivity index (χ0n) is 24.7. The maximum atomic E-state index is 13.2. The van der Waals surface area contributed by atoms with Gasteiger partial charge in [-0.2, -0.15) is 8.78 Å². The Balaban J connectivity index is 1.39. The van der Waals surface area contributed by atoms with Crippen LogP contribution in [0.5, 0.6) is 11.5 Å². The molecule has 1 fully saturated rings. The summed E-state index contributed by atoms with van der Waals surface area (Å²) in [4.78, 5) is 36.7. The number of nitrogens with two attached hydrogens (primary N) is 2. The van der Waals surface area contributed by atoms with Crippen molar-refractivity contribution in [2.75, 3.05) is 20.1 Å². The number of hydrogen-bond acceptors (Lipinski definition) is 7. The van der Waals surface area contributed by atoms with Gasteiger partial charge in [0.15, 0.2) is 0 Å². The van der Waals surface area contributed by atoms with Gasteiger partial charge >= 0.3 is 6.61 Å². The topological polar surface area (TPSA) is 145 Å². The number of aliphatic imine (C=N–C) groups is 2. The standard InChI is InChI=1S/C31H36F2N6O4S/c1-4-19-5-9-22(10-6-19)42-23-11-7-20(8-12-23)30(41)37-15-27(40)39-16-24(43-31(32)33)14-25(39)29(35)38-18(2)26-13-21(17-44-26)28(34)36-3/h5-13,17-18,24-25,31H,4,14-16H2,1-3H3,(H2,34,36)(H2,35,38)(H,37,41)/t18-,24-,25+/m1/s1. The van der Waals surface area contributed by atoms with E-state index >= 15 is 0 Å². The lowest BCUT2D eigenvalue weighted by Gasteiger charge is -2.24. The van der Waals surface area contributed by atoms with E-state index in [1.54, 1.807) is 31.3 Å². The Morgan fingerprint density at radius 1 is 1.09 bits per heavy atom. The molecule has 5 N–H and O–H groups in total. The molecule has 44 heavy (non-hydrogen) atoms. The van der Waals surface area contributed by atoms with Gasteiger partial charge in [-0.25, -0.2) is 0 Å². The fourth-order valence-electron chi connectivity index (χ4n) is 4.77. The van der Waals surface area contributed by atoms with E-state index < -0.39 is 30.6 Å². The molecule has 2 heterocycles. The number of carbonyl (C=O) groups excluding carboxylic acids is 2. The summed E-state index contributed by atoms with van der Waals surface area (Å²) in [6, 6.07) is 14.9. The van der Waals surface area contributed by atoms with Gasteiger partial charge in [-0.05, 0) is 61.4 Å². The van der Waals surface area contributed by atoms with Crippen molar-refractivity contribution < 1.29 is 27.8 Å². The summed E-state index contributed by atoms with van der Waals surface area (Å²) in [6.07, 6.45) is 0.0281. The summed E-state index contributed by atoms with van der Waals surface area (Å²) in [5, 5.41) is 4.45. The molecule has 234 valence electrons. The fraction of sp³-hybridized carbons (Fsp3) is 0.355. The Bertz CT molecular complexity index is 1490. The number of likely N-dealkylation sites (tertiary alicyclic amines) is 1. The van der Waals surface area contributed by atoms with Crippen LogP contribution in [0.3, 0.4) is 0 Å². The number of amidine groups is 2. The van der Waals surface area contributed by atoms with E-state index in [9.17, 15) is 18.4 Å². The minimum absolute atomic E-state index is 0.0415. The van der Waals surface area contributed by atoms with Gasteiger partial charge in [0.05, 0.1) is 24.7 Å². The molecule has 1 saturated heterocycles. The van der Waals surface area contributed by atoms with Crippen LogP contribution in [0.4, 0.5) is 8.78 Å². The van der Waals surface area contributed by atoms with Crippen LogP contribution in [0.2, 0.25) is 0 Å². The maximum Gasteiger partial charge on any atom is 0.345 e. The van der Waals surface area contributed by atoms with Gasteiger partial charge in [-0.1, -0.05) is 19.1 Å². The van der Waals surface area contributed by atoms with Crippen molar-refractivity contribution in [3.63, 3.8) is 0 Å². The number of carbonyl (C=O) groups is 2. The average Bonchev–Trinajstić information content (AvgIpc) is 3.68. The van der Waals surface area contributed by atoms with Crippen LogP contribution >= 0.6 is 11.3 Å². The minimum Gasteiger partial charge on any atom is -0.457 e. The summed E-state index contributed by atoms with van der Waals surface area (Å²) in [6.45, 7) is 0.403. The van der Waals surface area contributed by atoms with Crippen LogP contribution in [0.1, 0.15) is 52.7 Å². The number of amides is 2. The number of nitrogens with zero attached hydrogens (tertiary/aromatic N) is 3. The molecule has 3 aromatic rings. The number of rotatable bonds is 12. The molecule has 0 saturated carbocycles. The molecule has 3 atom stereocenters. The van der Waals surface area contributed by atoms with Crippen molar-refractivity contribution in [2.45, 2.75) is 51.5 Å². The first kappa shape index (κ1) is 32.6. The predicted octanol–water partition coefficient (Wildman–Crippen LogP) is 4.49. The molecule has 0 aliphatic carbocycles. The average molecular weight is 627 g/mol. The van der Waals surface area contributed by atoms with Crippen LogP contribution < -0.4 is 21.5 Å². The molecule has 0 unspecified atom stereocenters. The third-order valence-corrected chi connectivity index (χ3v) is 8.32. The molecule has 13 heteroatoms. The van der Waals surface area contributed by atoms with Crippen molar-refractivity contribution >= 4 is 34.8 Å². The van der Waals surface area contributed by atoms with Crippen LogP contribution in [0, 0.1) is 0 Å². The van der Waals surface area contributed by atoms with E-state index in [1.165, 1.54) is 21.8 Å². The van der Waals surface area contributed by atoms with Crippen molar-refractivity contribution in [1.29, 1.82) is 0 Å². The van der Waals surface area contributed by atoms with Crippen LogP contribution in [-0.2, 0) is 16.0 Å². The van der Waals surface area contributed by atoms with E-state index in [1.807, 2.05) is 42.6 Å². The Hall–Kier alpha value is -4.36. The fourth-order valence-corrected chi connectivity index (χ4v) is 5.67. The van der Waals surface area contributed by atoms with Crippen LogP contribution in [0.25, 0.3) is 0 Å². The first-order valence-corrected chi connectivity index (χ1v) is 15.0. The van der Waals surface area contributed by atoms with Gasteiger partial charge in [-0.3, -0.25) is 19.6 Å². The van der Waals surface area contributed by atoms with Crippen LogP contribution in [-0.4, -0.2) is 67.3 Å². The summed E-state index contributed by atoms with van der Waals surface area (Å²) in [7, 11) is 1.59. The number of halogens is 2. The lowest BCUT2D eigenvalue weighted by Crippen LogP contribution is -2.47. The summed E-state index contributed by atoms with van der Waals surface area (Å²) >= 11 is 1.43. The third-order valence-electron chi connectivity index (χ3n) is 7.21. The van der Waals surface area contributed by atoms with Gasteiger partial charge in [0.1, 0.15) is 23.2 Å². The highest BCUT2D eigenvalue weighted by molar-refractivity contribution is 7.10. The van der Waals surface area contributed by atoms with Crippen LogP contribution in [0.15, 0.2) is 70.0 Å². The molecule has 2 amide bonds. The molecule has 1 aliphatic heterocycles. The quantitative estimate of drug-likeness (QED) is 0.200. The number of ether oxygens (including phenoxy) is 2. The van der Waals surface area contributed by atoms with E-state index in [2.05, 4.69) is 22.2 Å². The van der Waals surface area contributed by atoms with Crippen molar-refractivity contribution in [1.82, 2.24) is 10.2 Å². The summed E-state index contributed by atoms with van der Waals surface area (Å²) in [5.41, 5.74) is 14.5. The molecular weight excluding hydrogens is 590 g/mol. The number of aryl methyl sites for hydroxylation is 1. The Morgan fingerprint density at radius 3 is 2.36 bits per heavy atom. The second-order valence-corrected chi connectivity index (χ2v) is 11.1. The third kappa shape index (κ3) is 8.38. The normalized spacial score (nSPS) is 18.0. The van der Waals surface area contributed by atoms with Gasteiger partial charge in [0.25, 0.3) is 5.91 Å². The molecule has 1 aliphatic rings. The van der Waals surface area contributed by atoms with Crippen molar-refractivity contribution in [3.05, 3.63) is 81.5 Å². The smallest absolute Gasteiger partial charge is 0.345 e. The first-order chi connectivity index (χ1) is 21.1. The van der Waals surface area contributed by atoms with Gasteiger partial charge in [-0.15, -0.1) is 11.3 Å². The molecule has 1 aromatic heterocycles. The SMILES string of the molecule is CCc1ccc(Oc2ccc(C(=O)NCC(=O)N3C[C@H](OC(F)F)C[C@H]3C(N)=N[C@H](C)c3cc(C(N)=NC)cs3)cc2)cc1. The number of thiophene rings is 1. The Kier molecular flexibility index (Phi) is 11.0. The first-order valence-electron chi connectivity index (χ1n) is 14.1. The number of benzene rings is 2. The van der Waals surface area contributed by atoms with Gasteiger partial charge < -0.3 is 31.2 Å². The number of alkyl halides is 2. The Labute approximate surface area is 258 Å². The molecule has 2 aromatic carbocycles. The van der Waals surface area contributed by atoms with E-state index in [0.29, 0.717) is 22.9 Å². The minimum atomic E-state index is -3.01. The second-order valence-electron chi connectivity index (χ2n) is 10.2. The van der Waals surface area contributed by atoms with E-state index in [-0.39, 0.29) is 31.4 Å². The number of nitrogens with one attached hydrogen (secondary N) is 1. The molecular formula is C31H36F2N6O4S. The monoisotopic (exact) mass is 626 g/mol. The zero-order chi connectivity index (χ0) is 31.8. The second kappa shape index (κ2) is 14.9. The highest BCUT2D eigenvalue weighted by Crippen LogP contribution is 2.28. The summed E-state index contributed by atoms with van der Waals surface area (Å²) in [5.74, 6) is 0.732. The molecule has 10 nitrogen and oxygen atoms in total. The Morgan fingerprint density at radius 2 is 1.75 bits per heavy atom. The highest BCUT2D eigenvalue weighted by Gasteiger charge is 2.39. The molecule has 4 rings (SSSR count). The van der Waals surface area contributed by atoms with Crippen molar-refractivity contribution in [3.8, 4) is 11.5 Å². The molecule has 0 radical (unpaired) electrons. The summed E-state index contributed by atoms with van der Waals surface area (Å²) < 4.78 is 36.6. The van der Waals surface area contributed by atoms with E-state index in [4.69, 9.17) is 20.9 Å². The van der Waals surface area contributed by atoms with Gasteiger partial charge in [0, 0.05) is 41.4 Å².